The van der Waals surface area contributed by atoms with Gasteiger partial charge in [0.25, 0.3) is 5.91 Å². The number of rotatable bonds is 3. The minimum absolute atomic E-state index is 0.172. The molecule has 3 heterocycles. The number of nitrogens with one attached hydrogen (secondary N) is 2. The van der Waals surface area contributed by atoms with Gasteiger partial charge in [0, 0.05) is 21.5 Å². The van der Waals surface area contributed by atoms with Crippen molar-refractivity contribution < 1.29 is 19.4 Å². The van der Waals surface area contributed by atoms with Gasteiger partial charge in [-0.25, -0.2) is 0 Å². The number of aromatic amines is 1. The van der Waals surface area contributed by atoms with Crippen LogP contribution >= 0.6 is 11.3 Å². The Balaban J connectivity index is 2.00. The number of carboxylic acid groups (broad SMARTS) is 1. The van der Waals surface area contributed by atoms with Gasteiger partial charge in [-0.2, -0.15) is 5.10 Å². The topological polar surface area (TPSA) is 130 Å². The molecule has 0 saturated heterocycles. The lowest BCUT2D eigenvalue weighted by atomic mass is 9.78. The number of aliphatic carboxylic acids is 1. The van der Waals surface area contributed by atoms with Crippen molar-refractivity contribution in [2.75, 3.05) is 11.1 Å². The number of carbonyl (C=O) groups is 2. The van der Waals surface area contributed by atoms with Gasteiger partial charge in [0.1, 0.15) is 10.9 Å². The number of anilines is 2. The third kappa shape index (κ3) is 3.64. The second kappa shape index (κ2) is 6.56. The maximum Gasteiger partial charge on any atom is 0.314 e. The van der Waals surface area contributed by atoms with Gasteiger partial charge in [-0.3, -0.25) is 14.7 Å². The zero-order valence-electron chi connectivity index (χ0n) is 17.8. The summed E-state index contributed by atoms with van der Waals surface area (Å²) in [5.74, 6) is -2.37. The molecule has 0 aliphatic carbocycles. The van der Waals surface area contributed by atoms with E-state index in [1.807, 2.05) is 34.6 Å². The number of aromatic nitrogens is 2. The van der Waals surface area contributed by atoms with Gasteiger partial charge in [0.2, 0.25) is 0 Å². The molecule has 9 heteroatoms. The van der Waals surface area contributed by atoms with Crippen LogP contribution in [-0.2, 0) is 20.5 Å². The van der Waals surface area contributed by atoms with Crippen LogP contribution in [0, 0.1) is 0 Å². The molecule has 1 atom stereocenters. The highest BCUT2D eigenvalue weighted by Gasteiger charge is 2.51. The van der Waals surface area contributed by atoms with Crippen molar-refractivity contribution in [3.63, 3.8) is 0 Å². The van der Waals surface area contributed by atoms with Gasteiger partial charge in [0.05, 0.1) is 16.9 Å². The lowest BCUT2D eigenvalue weighted by molar-refractivity contribution is -0.171. The van der Waals surface area contributed by atoms with E-state index < -0.39 is 29.0 Å². The SMILES string of the molecule is CC(C)(C)c1cc(C(=O)Nc2sc3c(c2N)C(C(=O)O)C(C)(C)OC3(C)C)n[nH]1. The number of carbonyl (C=O) groups excluding carboxylic acids is 1. The highest BCUT2D eigenvalue weighted by molar-refractivity contribution is 7.17. The maximum atomic E-state index is 12.7. The lowest BCUT2D eigenvalue weighted by Crippen LogP contribution is -2.47. The first-order chi connectivity index (χ1) is 13.1. The summed E-state index contributed by atoms with van der Waals surface area (Å²) in [6.07, 6.45) is 0. The average Bonchev–Trinajstić information content (AvgIpc) is 3.13. The number of hydrogen-bond acceptors (Lipinski definition) is 6. The zero-order valence-corrected chi connectivity index (χ0v) is 18.6. The number of fused-ring (bicyclic) bond motifs is 1. The fourth-order valence-corrected chi connectivity index (χ4v) is 5.00. The van der Waals surface area contributed by atoms with Gasteiger partial charge >= 0.3 is 5.97 Å². The van der Waals surface area contributed by atoms with E-state index in [-0.39, 0.29) is 16.8 Å². The van der Waals surface area contributed by atoms with Crippen molar-refractivity contribution in [3.8, 4) is 0 Å². The van der Waals surface area contributed by atoms with Crippen LogP contribution in [0.4, 0.5) is 10.7 Å². The molecule has 3 rings (SSSR count). The summed E-state index contributed by atoms with van der Waals surface area (Å²) in [6, 6.07) is 1.70. The maximum absolute atomic E-state index is 12.7. The monoisotopic (exact) mass is 420 g/mol. The predicted molar refractivity (Wildman–Crippen MR) is 113 cm³/mol. The van der Waals surface area contributed by atoms with Crippen LogP contribution in [0.3, 0.4) is 0 Å². The molecule has 2 aromatic heterocycles. The van der Waals surface area contributed by atoms with E-state index in [1.54, 1.807) is 19.9 Å². The smallest absolute Gasteiger partial charge is 0.314 e. The van der Waals surface area contributed by atoms with Crippen molar-refractivity contribution in [3.05, 3.63) is 27.9 Å². The summed E-state index contributed by atoms with van der Waals surface area (Å²) in [5, 5.41) is 20.0. The number of nitrogen functional groups attached to an aromatic ring is 1. The van der Waals surface area contributed by atoms with Crippen molar-refractivity contribution in [1.29, 1.82) is 0 Å². The predicted octanol–water partition coefficient (Wildman–Crippen LogP) is 3.82. The second-order valence-electron chi connectivity index (χ2n) is 9.45. The van der Waals surface area contributed by atoms with Crippen molar-refractivity contribution >= 4 is 33.9 Å². The minimum atomic E-state index is -1.02. The highest BCUT2D eigenvalue weighted by atomic mass is 32.1. The number of thiophene rings is 1. The molecular formula is C20H28N4O4S. The molecule has 1 unspecified atom stereocenters. The number of H-pyrrole nitrogens is 1. The van der Waals surface area contributed by atoms with E-state index in [4.69, 9.17) is 10.5 Å². The summed E-state index contributed by atoms with van der Waals surface area (Å²) >= 11 is 1.24. The molecule has 1 aliphatic heterocycles. The average molecular weight is 421 g/mol. The van der Waals surface area contributed by atoms with Gasteiger partial charge in [-0.15, -0.1) is 11.3 Å². The van der Waals surface area contributed by atoms with E-state index in [9.17, 15) is 14.7 Å². The van der Waals surface area contributed by atoms with E-state index in [0.29, 0.717) is 15.4 Å². The fraction of sp³-hybridized carbons (Fsp3) is 0.550. The molecule has 8 nitrogen and oxygen atoms in total. The first-order valence-corrected chi connectivity index (χ1v) is 10.2. The quantitative estimate of drug-likeness (QED) is 0.597. The second-order valence-corrected chi connectivity index (χ2v) is 10.5. The summed E-state index contributed by atoms with van der Waals surface area (Å²) in [5.41, 5.74) is 6.33. The normalized spacial score (nSPS) is 20.2. The molecule has 29 heavy (non-hydrogen) atoms. The van der Waals surface area contributed by atoms with E-state index in [2.05, 4.69) is 15.5 Å². The van der Waals surface area contributed by atoms with Crippen molar-refractivity contribution in [2.24, 2.45) is 0 Å². The van der Waals surface area contributed by atoms with E-state index >= 15 is 0 Å². The fourth-order valence-electron chi connectivity index (χ4n) is 3.80. The number of nitrogens with two attached hydrogens (primary N) is 1. The highest BCUT2D eigenvalue weighted by Crippen LogP contribution is 2.54. The molecule has 0 aromatic carbocycles. The molecular weight excluding hydrogens is 392 g/mol. The molecule has 5 N–H and O–H groups in total. The summed E-state index contributed by atoms with van der Waals surface area (Å²) in [7, 11) is 0. The number of hydrogen-bond donors (Lipinski definition) is 4. The summed E-state index contributed by atoms with van der Waals surface area (Å²) in [4.78, 5) is 25.4. The van der Waals surface area contributed by atoms with Crippen LogP contribution in [0.1, 0.15) is 81.0 Å². The van der Waals surface area contributed by atoms with Crippen molar-refractivity contribution in [1.82, 2.24) is 10.2 Å². The van der Waals surface area contributed by atoms with Crippen LogP contribution in [0.2, 0.25) is 0 Å². The van der Waals surface area contributed by atoms with Crippen LogP contribution in [0.15, 0.2) is 6.07 Å². The van der Waals surface area contributed by atoms with Crippen LogP contribution in [0.25, 0.3) is 0 Å². The third-order valence-electron chi connectivity index (χ3n) is 5.12. The Hall–Kier alpha value is -2.39. The molecule has 1 amide bonds. The zero-order chi connectivity index (χ0) is 21.9. The molecule has 2 aromatic rings. The molecule has 0 bridgehead atoms. The van der Waals surface area contributed by atoms with E-state index in [1.165, 1.54) is 11.3 Å². The Labute approximate surface area is 173 Å². The lowest BCUT2D eigenvalue weighted by Gasteiger charge is -2.44. The summed E-state index contributed by atoms with van der Waals surface area (Å²) in [6.45, 7) is 13.3. The molecule has 0 saturated carbocycles. The number of amides is 1. The number of nitrogens with zero attached hydrogens (tertiary/aromatic N) is 1. The Morgan fingerprint density at radius 2 is 1.93 bits per heavy atom. The largest absolute Gasteiger partial charge is 0.481 e. The third-order valence-corrected chi connectivity index (χ3v) is 6.57. The van der Waals surface area contributed by atoms with Crippen LogP contribution in [-0.4, -0.2) is 32.8 Å². The molecule has 158 valence electrons. The Morgan fingerprint density at radius 3 is 2.45 bits per heavy atom. The first-order valence-electron chi connectivity index (χ1n) is 9.38. The van der Waals surface area contributed by atoms with Crippen LogP contribution < -0.4 is 11.1 Å². The number of ether oxygens (including phenoxy) is 1. The van der Waals surface area contributed by atoms with Gasteiger partial charge in [-0.1, -0.05) is 20.8 Å². The van der Waals surface area contributed by atoms with Gasteiger partial charge in [-0.05, 0) is 33.8 Å². The standard InChI is InChI=1S/C20H28N4O4S/c1-18(2,3)10-8-9(23-24-10)15(25)22-16-13(21)11-12(17(26)27)19(4,5)28-20(6,7)14(11)29-16/h8,12H,21H2,1-7H3,(H,22,25)(H,23,24)(H,26,27). The van der Waals surface area contributed by atoms with Crippen LogP contribution in [0.5, 0.6) is 0 Å². The van der Waals surface area contributed by atoms with E-state index in [0.717, 1.165) is 5.69 Å². The van der Waals surface area contributed by atoms with Gasteiger partial charge in [0.15, 0.2) is 5.69 Å². The Bertz CT molecular complexity index is 981. The van der Waals surface area contributed by atoms with Gasteiger partial charge < -0.3 is 20.9 Å². The Morgan fingerprint density at radius 1 is 1.31 bits per heavy atom. The summed E-state index contributed by atoms with van der Waals surface area (Å²) < 4.78 is 6.10. The molecule has 0 spiro atoms. The first kappa shape index (κ1) is 21.3. The Kier molecular flexibility index (Phi) is 4.83. The molecule has 1 aliphatic rings. The minimum Gasteiger partial charge on any atom is -0.481 e. The molecule has 0 fully saturated rings. The molecule has 0 radical (unpaired) electrons. The van der Waals surface area contributed by atoms with Crippen molar-refractivity contribution in [2.45, 2.75) is 71.0 Å². The number of carboxylic acids is 1.